The van der Waals surface area contributed by atoms with Gasteiger partial charge in [-0.3, -0.25) is 0 Å². The molecule has 0 aliphatic carbocycles. The van der Waals surface area contributed by atoms with E-state index in [0.29, 0.717) is 17.2 Å². The number of hydrogen-bond acceptors (Lipinski definition) is 5. The average Bonchev–Trinajstić information content (AvgIpc) is 2.80. The third-order valence-electron chi connectivity index (χ3n) is 5.38. The highest BCUT2D eigenvalue weighted by molar-refractivity contribution is 5.47. The minimum Gasteiger partial charge on any atom is -0.486 e. The van der Waals surface area contributed by atoms with Crippen LogP contribution in [0.25, 0.3) is 0 Å². The summed E-state index contributed by atoms with van der Waals surface area (Å²) in [5, 5.41) is 0. The van der Waals surface area contributed by atoms with E-state index < -0.39 is 12.6 Å². The molecular formula is C26H36F3N3O2. The van der Waals surface area contributed by atoms with Crippen molar-refractivity contribution in [3.63, 3.8) is 0 Å². The Kier molecular flexibility index (Phi) is 10.1. The third kappa shape index (κ3) is 8.15. The van der Waals surface area contributed by atoms with Gasteiger partial charge in [0.15, 0.2) is 11.5 Å². The van der Waals surface area contributed by atoms with Gasteiger partial charge in [-0.2, -0.15) is 13.2 Å². The van der Waals surface area contributed by atoms with Gasteiger partial charge in [0.2, 0.25) is 0 Å². The van der Waals surface area contributed by atoms with Crippen molar-refractivity contribution in [1.29, 1.82) is 0 Å². The number of nitrogens with zero attached hydrogens (tertiary/aromatic N) is 2. The highest BCUT2D eigenvalue weighted by Gasteiger charge is 2.31. The standard InChI is InChI=1S/C24H30F3N3O2.C2H6/c1-4-19-12-20(9-10-30(19)23-8-6-18(28)14-29-23)32-21-7-5-17(13-24(25,26)27)11-22(21)31-15-16(2)3;1-2/h5-8,11,14,19-20H,2,4,9-10,12-13,15,28H2,1,3H3;1-2H3. The molecule has 2 unspecified atom stereocenters. The summed E-state index contributed by atoms with van der Waals surface area (Å²) in [6, 6.07) is 8.42. The Balaban J connectivity index is 0.00000199. The fourth-order valence-electron chi connectivity index (χ4n) is 3.86. The van der Waals surface area contributed by atoms with Crippen LogP contribution >= 0.6 is 0 Å². The molecule has 1 aliphatic rings. The molecule has 2 atom stereocenters. The van der Waals surface area contributed by atoms with E-state index in [-0.39, 0.29) is 24.3 Å². The van der Waals surface area contributed by atoms with Crippen LogP contribution in [0.15, 0.2) is 48.7 Å². The molecule has 8 heteroatoms. The first-order chi connectivity index (χ1) is 16.1. The molecule has 188 valence electrons. The van der Waals surface area contributed by atoms with Crippen molar-refractivity contribution < 1.29 is 22.6 Å². The van der Waals surface area contributed by atoms with Crippen LogP contribution in [0.5, 0.6) is 11.5 Å². The molecular weight excluding hydrogens is 443 g/mol. The molecule has 0 radical (unpaired) electrons. The van der Waals surface area contributed by atoms with Gasteiger partial charge in [0.25, 0.3) is 0 Å². The lowest BCUT2D eigenvalue weighted by molar-refractivity contribution is -0.127. The number of ether oxygens (including phenoxy) is 2. The third-order valence-corrected chi connectivity index (χ3v) is 5.38. The van der Waals surface area contributed by atoms with Crippen molar-refractivity contribution in [2.75, 3.05) is 23.8 Å². The topological polar surface area (TPSA) is 60.6 Å². The second-order valence-corrected chi connectivity index (χ2v) is 8.29. The highest BCUT2D eigenvalue weighted by atomic mass is 19.4. The van der Waals surface area contributed by atoms with Crippen LogP contribution in [0.3, 0.4) is 0 Å². The van der Waals surface area contributed by atoms with E-state index in [2.05, 4.69) is 23.4 Å². The van der Waals surface area contributed by atoms with Crippen molar-refractivity contribution >= 4 is 11.5 Å². The zero-order chi connectivity index (χ0) is 25.3. The van der Waals surface area contributed by atoms with E-state index in [4.69, 9.17) is 15.2 Å². The molecule has 0 amide bonds. The van der Waals surface area contributed by atoms with E-state index in [0.717, 1.165) is 37.2 Å². The number of hydrogen-bond donors (Lipinski definition) is 1. The van der Waals surface area contributed by atoms with Crippen molar-refractivity contribution in [3.8, 4) is 11.5 Å². The summed E-state index contributed by atoms with van der Waals surface area (Å²) in [5.41, 5.74) is 7.28. The molecule has 1 fully saturated rings. The molecule has 1 aromatic heterocycles. The second-order valence-electron chi connectivity index (χ2n) is 8.29. The molecule has 0 saturated carbocycles. The summed E-state index contributed by atoms with van der Waals surface area (Å²) in [4.78, 5) is 6.70. The van der Waals surface area contributed by atoms with Crippen molar-refractivity contribution in [1.82, 2.24) is 4.98 Å². The first kappa shape index (κ1) is 27.3. The maximum absolute atomic E-state index is 12.8. The van der Waals surface area contributed by atoms with E-state index in [9.17, 15) is 13.2 Å². The molecule has 0 spiro atoms. The van der Waals surface area contributed by atoms with E-state index in [1.807, 2.05) is 26.0 Å². The largest absolute Gasteiger partial charge is 0.486 e. The predicted molar refractivity (Wildman–Crippen MR) is 132 cm³/mol. The summed E-state index contributed by atoms with van der Waals surface area (Å²) in [5.74, 6) is 1.65. The number of aromatic nitrogens is 1. The number of benzene rings is 1. The summed E-state index contributed by atoms with van der Waals surface area (Å²) in [6.07, 6.45) is -1.29. The smallest absolute Gasteiger partial charge is 0.393 e. The highest BCUT2D eigenvalue weighted by Crippen LogP contribution is 2.35. The molecule has 1 saturated heterocycles. The Hall–Kier alpha value is -2.90. The van der Waals surface area contributed by atoms with Crippen molar-refractivity contribution in [3.05, 3.63) is 54.2 Å². The Labute approximate surface area is 200 Å². The van der Waals surface area contributed by atoms with Crippen LogP contribution in [-0.2, 0) is 6.42 Å². The number of nitrogens with two attached hydrogens (primary N) is 1. The number of pyridine rings is 1. The summed E-state index contributed by atoms with van der Waals surface area (Å²) >= 11 is 0. The zero-order valence-electron chi connectivity index (χ0n) is 20.5. The van der Waals surface area contributed by atoms with Crippen LogP contribution in [0.4, 0.5) is 24.7 Å². The lowest BCUT2D eigenvalue weighted by atomic mass is 9.97. The molecule has 1 aromatic carbocycles. The van der Waals surface area contributed by atoms with Gasteiger partial charge in [-0.25, -0.2) is 4.98 Å². The fraction of sp³-hybridized carbons (Fsp3) is 0.500. The normalized spacial score (nSPS) is 18.0. The molecule has 34 heavy (non-hydrogen) atoms. The van der Waals surface area contributed by atoms with Gasteiger partial charge < -0.3 is 20.1 Å². The number of rotatable bonds is 8. The van der Waals surface area contributed by atoms with Gasteiger partial charge in [-0.1, -0.05) is 33.4 Å². The first-order valence-electron chi connectivity index (χ1n) is 11.8. The van der Waals surface area contributed by atoms with Crippen LogP contribution in [0.1, 0.15) is 52.5 Å². The summed E-state index contributed by atoms with van der Waals surface area (Å²) in [6.45, 7) is 12.7. The number of piperidine rings is 1. The van der Waals surface area contributed by atoms with Gasteiger partial charge in [0.1, 0.15) is 18.5 Å². The SMILES string of the molecule is C=C(C)COc1cc(CC(F)(F)F)ccc1OC1CCN(c2ccc(N)cn2)C(CC)C1.CC. The quantitative estimate of drug-likeness (QED) is 0.434. The first-order valence-corrected chi connectivity index (χ1v) is 11.8. The zero-order valence-corrected chi connectivity index (χ0v) is 20.5. The monoisotopic (exact) mass is 479 g/mol. The van der Waals surface area contributed by atoms with Crippen molar-refractivity contribution in [2.45, 2.75) is 71.7 Å². The van der Waals surface area contributed by atoms with Crippen LogP contribution in [0.2, 0.25) is 0 Å². The van der Waals surface area contributed by atoms with Crippen LogP contribution in [-0.4, -0.2) is 36.5 Å². The van der Waals surface area contributed by atoms with Gasteiger partial charge in [0, 0.05) is 25.4 Å². The Morgan fingerprint density at radius 1 is 1.21 bits per heavy atom. The molecule has 2 N–H and O–H groups in total. The molecule has 0 bridgehead atoms. The Bertz CT molecular complexity index is 916. The molecule has 5 nitrogen and oxygen atoms in total. The van der Waals surface area contributed by atoms with Gasteiger partial charge in [-0.05, 0) is 48.7 Å². The Morgan fingerprint density at radius 3 is 2.53 bits per heavy atom. The lowest BCUT2D eigenvalue weighted by Crippen LogP contribution is -2.46. The van der Waals surface area contributed by atoms with Crippen molar-refractivity contribution in [2.24, 2.45) is 0 Å². The number of nitrogen functional groups attached to an aromatic ring is 1. The number of alkyl halides is 3. The molecule has 3 rings (SSSR count). The summed E-state index contributed by atoms with van der Waals surface area (Å²) < 4.78 is 50.5. The second kappa shape index (κ2) is 12.5. The van der Waals surface area contributed by atoms with Crippen LogP contribution in [0, 0.1) is 0 Å². The van der Waals surface area contributed by atoms with E-state index in [1.54, 1.807) is 19.2 Å². The molecule has 2 aromatic rings. The Morgan fingerprint density at radius 2 is 1.94 bits per heavy atom. The van der Waals surface area contributed by atoms with Gasteiger partial charge in [0.05, 0.1) is 18.3 Å². The predicted octanol–water partition coefficient (Wildman–Crippen LogP) is 6.58. The lowest BCUT2D eigenvalue weighted by Gasteiger charge is -2.40. The van der Waals surface area contributed by atoms with E-state index >= 15 is 0 Å². The average molecular weight is 480 g/mol. The molecule has 2 heterocycles. The maximum Gasteiger partial charge on any atom is 0.393 e. The fourth-order valence-corrected chi connectivity index (χ4v) is 3.86. The number of anilines is 2. The van der Waals surface area contributed by atoms with Gasteiger partial charge in [-0.15, -0.1) is 0 Å². The van der Waals surface area contributed by atoms with Crippen LogP contribution < -0.4 is 20.1 Å². The molecule has 1 aliphatic heterocycles. The minimum atomic E-state index is -4.29. The minimum absolute atomic E-state index is 0.0781. The van der Waals surface area contributed by atoms with E-state index in [1.165, 1.54) is 12.1 Å². The number of halogens is 3. The maximum atomic E-state index is 12.8. The summed E-state index contributed by atoms with van der Waals surface area (Å²) in [7, 11) is 0. The van der Waals surface area contributed by atoms with Gasteiger partial charge >= 0.3 is 6.18 Å².